The molecule has 0 unspecified atom stereocenters. The summed E-state index contributed by atoms with van der Waals surface area (Å²) in [6.07, 6.45) is 0.444. The maximum Gasteiger partial charge on any atom is 0.217 e. The summed E-state index contributed by atoms with van der Waals surface area (Å²) in [5.74, 6) is -0.245. The van der Waals surface area contributed by atoms with Crippen molar-refractivity contribution < 1.29 is 4.79 Å². The summed E-state index contributed by atoms with van der Waals surface area (Å²) in [5, 5.41) is 7.24. The van der Waals surface area contributed by atoms with Crippen LogP contribution in [0.3, 0.4) is 0 Å². The van der Waals surface area contributed by atoms with Crippen molar-refractivity contribution >= 4 is 21.8 Å². The van der Waals surface area contributed by atoms with Crippen molar-refractivity contribution in [3.63, 3.8) is 0 Å². The first-order valence-corrected chi connectivity index (χ1v) is 2.76. The molecule has 0 bridgehead atoms. The highest BCUT2D eigenvalue weighted by Crippen LogP contribution is 1.63. The van der Waals surface area contributed by atoms with Gasteiger partial charge in [-0.1, -0.05) is 6.92 Å². The molecular formula is C4H7BrN2O. The van der Waals surface area contributed by atoms with Gasteiger partial charge in [0.25, 0.3) is 0 Å². The first-order valence-electron chi connectivity index (χ1n) is 1.97. The number of nitrogens with two attached hydrogens (primary N) is 1. The average molecular weight is 179 g/mol. The number of hydrogen-bond donors (Lipinski definition) is 1. The molecule has 0 atom stereocenters. The number of carbonyl (C=O) groups is 1. The molecule has 0 aromatic heterocycles. The highest BCUT2D eigenvalue weighted by atomic mass is 79.9. The van der Waals surface area contributed by atoms with Crippen LogP contribution in [-0.4, -0.2) is 5.91 Å². The Bertz CT molecular complexity index is 96.7. The molecule has 3 nitrogen and oxygen atoms in total. The summed E-state index contributed by atoms with van der Waals surface area (Å²) < 4.78 is 0. The molecule has 2 N–H and O–H groups in total. The first kappa shape index (κ1) is 10.4. The minimum absolute atomic E-state index is 0.245. The number of nitrogens with zero attached hydrogens (tertiary/aromatic N) is 1. The summed E-state index contributed by atoms with van der Waals surface area (Å²) in [6, 6.07) is 0. The van der Waals surface area contributed by atoms with Crippen molar-refractivity contribution in [2.24, 2.45) is 5.73 Å². The van der Waals surface area contributed by atoms with Gasteiger partial charge in [0, 0.05) is 22.4 Å². The Morgan fingerprint density at radius 1 is 2.00 bits per heavy atom. The fraction of sp³-hybridized carbons (Fsp3) is 0.500. The number of halogens is 1. The van der Waals surface area contributed by atoms with Gasteiger partial charge in [0.2, 0.25) is 5.91 Å². The Morgan fingerprint density at radius 3 is 2.12 bits per heavy atom. The van der Waals surface area contributed by atoms with E-state index in [1.165, 1.54) is 0 Å². The molecule has 1 amide bonds. The lowest BCUT2D eigenvalue weighted by atomic mass is 10.5. The van der Waals surface area contributed by atoms with Crippen molar-refractivity contribution in [1.82, 2.24) is 0 Å². The Kier molecular flexibility index (Phi) is 12.6. The molecule has 0 aromatic rings. The summed E-state index contributed by atoms with van der Waals surface area (Å²) >= 11 is 2.45. The highest BCUT2D eigenvalue weighted by molar-refractivity contribution is 9.12. The second kappa shape index (κ2) is 9.67. The molecular weight excluding hydrogens is 172 g/mol. The number of primary amides is 1. The quantitative estimate of drug-likeness (QED) is 0.645. The van der Waals surface area contributed by atoms with E-state index >= 15 is 0 Å². The third kappa shape index (κ3) is 51.7. The lowest BCUT2D eigenvalue weighted by Gasteiger charge is -1.73. The van der Waals surface area contributed by atoms with E-state index in [9.17, 15) is 4.79 Å². The van der Waals surface area contributed by atoms with Crippen LogP contribution < -0.4 is 5.73 Å². The van der Waals surface area contributed by atoms with Gasteiger partial charge in [-0.3, -0.25) is 4.79 Å². The largest absolute Gasteiger partial charge is 0.370 e. The molecule has 0 aliphatic rings. The Hall–Kier alpha value is -0.560. The van der Waals surface area contributed by atoms with E-state index in [1.807, 2.05) is 0 Å². The van der Waals surface area contributed by atoms with Gasteiger partial charge in [-0.2, -0.15) is 5.26 Å². The van der Waals surface area contributed by atoms with Crippen molar-refractivity contribution in [3.05, 3.63) is 0 Å². The van der Waals surface area contributed by atoms with Crippen LogP contribution in [0.1, 0.15) is 13.3 Å². The number of rotatable bonds is 1. The van der Waals surface area contributed by atoms with E-state index in [-0.39, 0.29) is 5.91 Å². The van der Waals surface area contributed by atoms with Crippen molar-refractivity contribution in [1.29, 1.82) is 5.26 Å². The van der Waals surface area contributed by atoms with Crippen LogP contribution in [0.15, 0.2) is 0 Å². The molecule has 0 saturated heterocycles. The van der Waals surface area contributed by atoms with Gasteiger partial charge in [0.15, 0.2) is 0 Å². The topological polar surface area (TPSA) is 66.9 Å². The van der Waals surface area contributed by atoms with Crippen LogP contribution in [0.4, 0.5) is 0 Å². The zero-order valence-electron chi connectivity index (χ0n) is 4.52. The summed E-state index contributed by atoms with van der Waals surface area (Å²) in [5.41, 5.74) is 4.65. The molecule has 0 heterocycles. The molecule has 0 rings (SSSR count). The molecule has 0 fully saturated rings. The predicted molar refractivity (Wildman–Crippen MR) is 34.0 cm³/mol. The zero-order valence-corrected chi connectivity index (χ0v) is 6.10. The monoisotopic (exact) mass is 178 g/mol. The van der Waals surface area contributed by atoms with E-state index < -0.39 is 0 Å². The summed E-state index contributed by atoms with van der Waals surface area (Å²) in [4.78, 5) is 11.2. The van der Waals surface area contributed by atoms with Crippen LogP contribution in [0.25, 0.3) is 0 Å². The minimum Gasteiger partial charge on any atom is -0.370 e. The van der Waals surface area contributed by atoms with Gasteiger partial charge < -0.3 is 5.73 Å². The average Bonchev–Trinajstić information content (AvgIpc) is 1.69. The molecule has 8 heavy (non-hydrogen) atoms. The fourth-order valence-electron chi connectivity index (χ4n) is 0. The molecule has 0 aliphatic heterocycles. The maximum absolute atomic E-state index is 9.59. The molecule has 0 saturated carbocycles. The standard InChI is InChI=1S/C3H7NO.CBrN/c1-2-3(4)5;2-1-3/h2H2,1H3,(H2,4,5);. The smallest absolute Gasteiger partial charge is 0.217 e. The molecule has 4 heteroatoms. The number of carbonyl (C=O) groups excluding carboxylic acids is 1. The SMILES string of the molecule is CCC(N)=O.N#CBr. The van der Waals surface area contributed by atoms with Gasteiger partial charge >= 0.3 is 0 Å². The molecule has 0 radical (unpaired) electrons. The highest BCUT2D eigenvalue weighted by Gasteiger charge is 1.77. The Morgan fingerprint density at radius 2 is 2.12 bits per heavy atom. The third-order valence-electron chi connectivity index (χ3n) is 0.348. The Labute approximate surface area is 56.6 Å². The van der Waals surface area contributed by atoms with Gasteiger partial charge in [0.05, 0.1) is 0 Å². The second-order valence-corrected chi connectivity index (χ2v) is 1.26. The van der Waals surface area contributed by atoms with Gasteiger partial charge in [-0.05, 0) is 0 Å². The van der Waals surface area contributed by atoms with Gasteiger partial charge in [-0.25, -0.2) is 0 Å². The number of hydrogen-bond acceptors (Lipinski definition) is 2. The lowest BCUT2D eigenvalue weighted by Crippen LogP contribution is -2.06. The lowest BCUT2D eigenvalue weighted by molar-refractivity contribution is -0.117. The number of nitriles is 1. The second-order valence-electron chi connectivity index (χ2n) is 0.904. The van der Waals surface area contributed by atoms with Gasteiger partial charge in [0.1, 0.15) is 4.98 Å². The molecule has 0 spiro atoms. The van der Waals surface area contributed by atoms with E-state index in [1.54, 1.807) is 11.9 Å². The van der Waals surface area contributed by atoms with E-state index in [0.717, 1.165) is 0 Å². The zero-order chi connectivity index (χ0) is 6.99. The summed E-state index contributed by atoms with van der Waals surface area (Å²) in [7, 11) is 0. The van der Waals surface area contributed by atoms with E-state index in [4.69, 9.17) is 5.26 Å². The van der Waals surface area contributed by atoms with Crippen molar-refractivity contribution in [3.8, 4) is 4.98 Å². The first-order chi connectivity index (χ1) is 3.68. The molecule has 46 valence electrons. The van der Waals surface area contributed by atoms with Crippen LogP contribution in [0, 0.1) is 10.2 Å². The van der Waals surface area contributed by atoms with Crippen molar-refractivity contribution in [2.75, 3.05) is 0 Å². The van der Waals surface area contributed by atoms with Crippen LogP contribution >= 0.6 is 15.9 Å². The predicted octanol–water partition coefficient (Wildman–Crippen LogP) is 0.744. The van der Waals surface area contributed by atoms with Gasteiger partial charge in [-0.15, -0.1) is 0 Å². The van der Waals surface area contributed by atoms with Crippen LogP contribution in [-0.2, 0) is 4.79 Å². The van der Waals surface area contributed by atoms with E-state index in [2.05, 4.69) is 21.7 Å². The Balaban J connectivity index is 0. The normalized spacial score (nSPS) is 5.62. The summed E-state index contributed by atoms with van der Waals surface area (Å²) in [6.45, 7) is 1.72. The fourth-order valence-corrected chi connectivity index (χ4v) is 0. The van der Waals surface area contributed by atoms with Crippen LogP contribution in [0.2, 0.25) is 0 Å². The molecule has 0 aromatic carbocycles. The maximum atomic E-state index is 9.59. The van der Waals surface area contributed by atoms with Crippen LogP contribution in [0.5, 0.6) is 0 Å². The van der Waals surface area contributed by atoms with Crippen molar-refractivity contribution in [2.45, 2.75) is 13.3 Å². The third-order valence-corrected chi connectivity index (χ3v) is 0.348. The van der Waals surface area contributed by atoms with E-state index in [0.29, 0.717) is 6.42 Å². The molecule has 0 aliphatic carbocycles. The minimum atomic E-state index is -0.245. The number of amides is 1.